The van der Waals surface area contributed by atoms with Crippen molar-refractivity contribution in [1.82, 2.24) is 4.90 Å². The number of anilines is 1. The van der Waals surface area contributed by atoms with Crippen LogP contribution in [0.25, 0.3) is 0 Å². The molecule has 1 rings (SSSR count). The minimum atomic E-state index is -0.159. The lowest BCUT2D eigenvalue weighted by atomic mass is 10.3. The number of nitrogens with one attached hydrogen (secondary N) is 1. The van der Waals surface area contributed by atoms with Crippen molar-refractivity contribution in [3.05, 3.63) is 28.2 Å². The molecule has 110 valence electrons. The van der Waals surface area contributed by atoms with Crippen LogP contribution < -0.4 is 5.32 Å². The molecule has 0 spiro atoms. The van der Waals surface area contributed by atoms with Crippen LogP contribution in [0.3, 0.4) is 0 Å². The highest BCUT2D eigenvalue weighted by Crippen LogP contribution is 2.25. The van der Waals surface area contributed by atoms with E-state index in [4.69, 9.17) is 35.4 Å². The van der Waals surface area contributed by atoms with Crippen LogP contribution in [-0.4, -0.2) is 34.0 Å². The fraction of sp³-hybridized carbons (Fsp3) is 0.385. The predicted molar refractivity (Wildman–Crippen MR) is 93.1 cm³/mol. The maximum absolute atomic E-state index is 11.9. The Morgan fingerprint density at radius 2 is 2.00 bits per heavy atom. The zero-order valence-electron chi connectivity index (χ0n) is 11.3. The van der Waals surface area contributed by atoms with E-state index in [1.54, 1.807) is 18.2 Å². The van der Waals surface area contributed by atoms with Crippen LogP contribution in [0, 0.1) is 0 Å². The highest BCUT2D eigenvalue weighted by molar-refractivity contribution is 8.23. The first kappa shape index (κ1) is 17.6. The zero-order valence-corrected chi connectivity index (χ0v) is 14.4. The Bertz CT molecular complexity index is 493. The largest absolute Gasteiger partial charge is 0.358 e. The average Bonchev–Trinajstić information content (AvgIpc) is 2.42. The third kappa shape index (κ3) is 5.48. The molecule has 0 aliphatic carbocycles. The van der Waals surface area contributed by atoms with Gasteiger partial charge in [0.2, 0.25) is 5.91 Å². The van der Waals surface area contributed by atoms with Crippen LogP contribution in [0.2, 0.25) is 10.0 Å². The number of nitrogens with zero attached hydrogens (tertiary/aromatic N) is 1. The second-order valence-corrected chi connectivity index (χ2v) is 6.35. The van der Waals surface area contributed by atoms with E-state index in [1.165, 1.54) is 11.8 Å². The van der Waals surface area contributed by atoms with Gasteiger partial charge in [0.25, 0.3) is 0 Å². The molecule has 0 radical (unpaired) electrons. The molecule has 0 atom stereocenters. The number of carbonyl (C=O) groups excluding carboxylic acids is 1. The summed E-state index contributed by atoms with van der Waals surface area (Å²) in [5, 5.41) is 3.71. The molecule has 20 heavy (non-hydrogen) atoms. The van der Waals surface area contributed by atoms with Crippen LogP contribution in [0.15, 0.2) is 18.2 Å². The van der Waals surface area contributed by atoms with Crippen molar-refractivity contribution in [3.63, 3.8) is 0 Å². The predicted octanol–water partition coefficient (Wildman–Crippen LogP) is 4.29. The zero-order chi connectivity index (χ0) is 15.1. The number of carbonyl (C=O) groups is 1. The molecule has 1 N–H and O–H groups in total. The minimum absolute atomic E-state index is 0.159. The SMILES string of the molecule is CCN(CC)C(=S)SCC(=O)Nc1cc(Cl)ccc1Cl. The molecule has 0 aromatic heterocycles. The number of halogens is 2. The Labute approximate surface area is 139 Å². The Morgan fingerprint density at radius 3 is 2.60 bits per heavy atom. The molecule has 0 bridgehead atoms. The first-order valence-corrected chi connectivity index (χ1v) is 8.29. The summed E-state index contributed by atoms with van der Waals surface area (Å²) in [5.41, 5.74) is 0.513. The Balaban J connectivity index is 2.52. The molecule has 1 aromatic rings. The number of thioether (sulfide) groups is 1. The summed E-state index contributed by atoms with van der Waals surface area (Å²) in [6.45, 7) is 5.73. The maximum atomic E-state index is 11.9. The van der Waals surface area contributed by atoms with Gasteiger partial charge in [-0.2, -0.15) is 0 Å². The first-order chi connectivity index (χ1) is 9.47. The summed E-state index contributed by atoms with van der Waals surface area (Å²) in [6, 6.07) is 4.94. The molecule has 0 heterocycles. The standard InChI is InChI=1S/C13H16Cl2N2OS2/c1-3-17(4-2)13(19)20-8-12(18)16-11-7-9(14)5-6-10(11)15/h5-7H,3-4,8H2,1-2H3,(H,16,18). The molecular weight excluding hydrogens is 335 g/mol. The number of benzene rings is 1. The quantitative estimate of drug-likeness (QED) is 0.802. The van der Waals surface area contributed by atoms with Crippen molar-refractivity contribution in [2.24, 2.45) is 0 Å². The van der Waals surface area contributed by atoms with Gasteiger partial charge in [0.05, 0.1) is 16.5 Å². The van der Waals surface area contributed by atoms with Crippen molar-refractivity contribution in [2.45, 2.75) is 13.8 Å². The topological polar surface area (TPSA) is 32.3 Å². The van der Waals surface area contributed by atoms with Crippen LogP contribution in [-0.2, 0) is 4.79 Å². The lowest BCUT2D eigenvalue weighted by molar-refractivity contribution is -0.113. The number of amides is 1. The lowest BCUT2D eigenvalue weighted by Gasteiger charge is -2.20. The van der Waals surface area contributed by atoms with E-state index in [1.807, 2.05) is 18.7 Å². The van der Waals surface area contributed by atoms with Crippen LogP contribution in [0.1, 0.15) is 13.8 Å². The van der Waals surface area contributed by atoms with Crippen molar-refractivity contribution in [3.8, 4) is 0 Å². The maximum Gasteiger partial charge on any atom is 0.234 e. The molecule has 0 unspecified atom stereocenters. The highest BCUT2D eigenvalue weighted by atomic mass is 35.5. The first-order valence-electron chi connectivity index (χ1n) is 6.14. The van der Waals surface area contributed by atoms with Crippen LogP contribution in [0.4, 0.5) is 5.69 Å². The summed E-state index contributed by atoms with van der Waals surface area (Å²) in [7, 11) is 0. The van der Waals surface area contributed by atoms with Crippen molar-refractivity contribution in [2.75, 3.05) is 24.2 Å². The molecule has 0 aliphatic heterocycles. The molecule has 7 heteroatoms. The molecule has 3 nitrogen and oxygen atoms in total. The third-order valence-electron chi connectivity index (χ3n) is 2.55. The van der Waals surface area contributed by atoms with Crippen molar-refractivity contribution in [1.29, 1.82) is 0 Å². The fourth-order valence-electron chi connectivity index (χ4n) is 1.48. The van der Waals surface area contributed by atoms with Gasteiger partial charge in [0.15, 0.2) is 0 Å². The molecular formula is C13H16Cl2N2OS2. The van der Waals surface area contributed by atoms with Gasteiger partial charge in [0.1, 0.15) is 4.32 Å². The van der Waals surface area contributed by atoms with Gasteiger partial charge >= 0.3 is 0 Å². The minimum Gasteiger partial charge on any atom is -0.358 e. The second-order valence-electron chi connectivity index (χ2n) is 3.90. The van der Waals surface area contributed by atoms with Gasteiger partial charge in [0, 0.05) is 18.1 Å². The fourth-order valence-corrected chi connectivity index (χ4v) is 3.02. The third-order valence-corrected chi connectivity index (χ3v) is 4.64. The molecule has 0 saturated carbocycles. The van der Waals surface area contributed by atoms with Crippen molar-refractivity contribution >= 4 is 63.1 Å². The Kier molecular flexibility index (Phi) is 7.66. The van der Waals surface area contributed by atoms with E-state index >= 15 is 0 Å². The number of hydrogen-bond acceptors (Lipinski definition) is 3. The van der Waals surface area contributed by atoms with Gasteiger partial charge in [-0.05, 0) is 32.0 Å². The summed E-state index contributed by atoms with van der Waals surface area (Å²) in [4.78, 5) is 13.9. The van der Waals surface area contributed by atoms with Gasteiger partial charge in [-0.1, -0.05) is 47.2 Å². The van der Waals surface area contributed by atoms with E-state index in [0.717, 1.165) is 17.4 Å². The molecule has 0 aliphatic rings. The van der Waals surface area contributed by atoms with Gasteiger partial charge in [-0.3, -0.25) is 4.79 Å². The second kappa shape index (κ2) is 8.72. The number of hydrogen-bond donors (Lipinski definition) is 1. The van der Waals surface area contributed by atoms with Crippen molar-refractivity contribution < 1.29 is 4.79 Å². The van der Waals surface area contributed by atoms with Gasteiger partial charge < -0.3 is 10.2 Å². The molecule has 0 saturated heterocycles. The van der Waals surface area contributed by atoms with Gasteiger partial charge in [-0.15, -0.1) is 0 Å². The van der Waals surface area contributed by atoms with E-state index in [2.05, 4.69) is 5.32 Å². The Hall–Kier alpha value is -0.490. The van der Waals surface area contributed by atoms with Crippen LogP contribution in [0.5, 0.6) is 0 Å². The summed E-state index contributed by atoms with van der Waals surface area (Å²) in [6.07, 6.45) is 0. The lowest BCUT2D eigenvalue weighted by Crippen LogP contribution is -2.28. The summed E-state index contributed by atoms with van der Waals surface area (Å²) >= 11 is 18.5. The molecule has 1 aromatic carbocycles. The molecule has 0 fully saturated rings. The highest BCUT2D eigenvalue weighted by Gasteiger charge is 2.11. The Morgan fingerprint density at radius 1 is 1.35 bits per heavy atom. The smallest absolute Gasteiger partial charge is 0.234 e. The summed E-state index contributed by atoms with van der Waals surface area (Å²) in [5.74, 6) is 0.0896. The van der Waals surface area contributed by atoms with Gasteiger partial charge in [-0.25, -0.2) is 0 Å². The number of thiocarbonyl (C=S) groups is 1. The number of rotatable bonds is 5. The average molecular weight is 351 g/mol. The van der Waals surface area contributed by atoms with E-state index in [9.17, 15) is 4.79 Å². The van der Waals surface area contributed by atoms with E-state index < -0.39 is 0 Å². The van der Waals surface area contributed by atoms with E-state index in [0.29, 0.717) is 15.7 Å². The molecule has 1 amide bonds. The van der Waals surface area contributed by atoms with E-state index in [-0.39, 0.29) is 11.7 Å². The van der Waals surface area contributed by atoms with Crippen LogP contribution >= 0.6 is 47.2 Å². The monoisotopic (exact) mass is 350 g/mol. The normalized spacial score (nSPS) is 10.2. The summed E-state index contributed by atoms with van der Waals surface area (Å²) < 4.78 is 0.724.